The summed E-state index contributed by atoms with van der Waals surface area (Å²) >= 11 is 0. The van der Waals surface area contributed by atoms with Crippen molar-refractivity contribution < 1.29 is 0 Å². The third-order valence-electron chi connectivity index (χ3n) is 3.98. The zero-order chi connectivity index (χ0) is 18.6. The largest absolute Gasteiger partial charge is 0.106 e. The second-order valence-corrected chi connectivity index (χ2v) is 7.00. The predicted octanol–water partition coefficient (Wildman–Crippen LogP) is 10.7. The third kappa shape index (κ3) is 51.6. The van der Waals surface area contributed by atoms with E-state index in [0.29, 0.717) is 0 Å². The van der Waals surface area contributed by atoms with Gasteiger partial charge in [-0.2, -0.15) is 0 Å². The Morgan fingerprint density at radius 2 is 0.920 bits per heavy atom. The van der Waals surface area contributed by atoms with Crippen molar-refractivity contribution in [2.45, 2.75) is 130 Å². The van der Waals surface area contributed by atoms with Crippen LogP contribution in [0.3, 0.4) is 0 Å². The van der Waals surface area contributed by atoms with Crippen LogP contribution in [0.2, 0.25) is 0 Å². The van der Waals surface area contributed by atoms with Gasteiger partial charge in [0, 0.05) is 0 Å². The van der Waals surface area contributed by atoms with Crippen LogP contribution >= 0.6 is 0 Å². The van der Waals surface area contributed by atoms with Gasteiger partial charge in [0.2, 0.25) is 0 Å². The lowest BCUT2D eigenvalue weighted by atomic mass is 9.88. The van der Waals surface area contributed by atoms with E-state index >= 15 is 0 Å². The van der Waals surface area contributed by atoms with Gasteiger partial charge in [-0.25, -0.2) is 0 Å². The Labute approximate surface area is 167 Å². The quantitative estimate of drug-likeness (QED) is 0.395. The van der Waals surface area contributed by atoms with Gasteiger partial charge in [0.15, 0.2) is 0 Å². The van der Waals surface area contributed by atoms with Crippen LogP contribution in [0.5, 0.6) is 0 Å². The second-order valence-electron chi connectivity index (χ2n) is 7.00. The Kier molecular flexibility index (Phi) is 69.1. The van der Waals surface area contributed by atoms with Crippen LogP contribution in [0.1, 0.15) is 130 Å². The summed E-state index contributed by atoms with van der Waals surface area (Å²) in [5, 5.41) is 0. The molecule has 0 spiro atoms. The molecule has 0 bridgehead atoms. The van der Waals surface area contributed by atoms with Crippen molar-refractivity contribution >= 4 is 0 Å². The summed E-state index contributed by atoms with van der Waals surface area (Å²) in [5.74, 6) is 3.68. The molecule has 0 nitrogen and oxygen atoms in total. The second kappa shape index (κ2) is 39.0. The van der Waals surface area contributed by atoms with Crippen LogP contribution < -0.4 is 0 Å². The Morgan fingerprint density at radius 1 is 0.600 bits per heavy atom. The lowest BCUT2D eigenvalue weighted by molar-refractivity contribution is 0.328. The molecule has 25 heavy (non-hydrogen) atoms. The summed E-state index contributed by atoms with van der Waals surface area (Å²) < 4.78 is 0. The van der Waals surface area contributed by atoms with E-state index in [1.807, 2.05) is 0 Å². The molecular formula is C25H62. The van der Waals surface area contributed by atoms with Gasteiger partial charge in [-0.3, -0.25) is 0 Å². The maximum absolute atomic E-state index is 3.00. The molecule has 0 aromatic rings. The molecule has 0 fully saturated rings. The molecule has 0 radical (unpaired) electrons. The van der Waals surface area contributed by atoms with Crippen LogP contribution in [-0.4, -0.2) is 0 Å². The molecule has 162 valence electrons. The van der Waals surface area contributed by atoms with Crippen molar-refractivity contribution in [1.82, 2.24) is 0 Å². The molecule has 0 heterocycles. The first-order chi connectivity index (χ1) is 10.3. The molecule has 0 aliphatic rings. The van der Waals surface area contributed by atoms with E-state index in [1.165, 1.54) is 38.5 Å². The number of rotatable bonds is 7. The van der Waals surface area contributed by atoms with E-state index in [1.54, 1.807) is 0 Å². The minimum Gasteiger partial charge on any atom is -0.106 e. The molecule has 0 aromatic carbocycles. The summed E-state index contributed by atoms with van der Waals surface area (Å²) in [6.45, 7) is 28.5. The highest BCUT2D eigenvalue weighted by atomic mass is 14.2. The lowest BCUT2D eigenvalue weighted by Gasteiger charge is -2.18. The number of hydrogen-bond donors (Lipinski definition) is 0. The first-order valence-electron chi connectivity index (χ1n) is 9.80. The third-order valence-corrected chi connectivity index (χ3v) is 3.98. The van der Waals surface area contributed by atoms with E-state index in [-0.39, 0.29) is 22.3 Å². The summed E-state index contributed by atoms with van der Waals surface area (Å²) in [4.78, 5) is 0. The van der Waals surface area contributed by atoms with Crippen molar-refractivity contribution in [1.29, 1.82) is 0 Å². The van der Waals surface area contributed by atoms with Gasteiger partial charge < -0.3 is 0 Å². The monoisotopic (exact) mass is 362 g/mol. The minimum absolute atomic E-state index is 0. The average Bonchev–Trinajstić information content (AvgIpc) is 2.50. The van der Waals surface area contributed by atoms with Gasteiger partial charge in [0.1, 0.15) is 0 Å². The van der Waals surface area contributed by atoms with Crippen molar-refractivity contribution in [3.63, 3.8) is 0 Å². The van der Waals surface area contributed by atoms with Gasteiger partial charge in [-0.05, 0) is 23.7 Å². The van der Waals surface area contributed by atoms with Crippen LogP contribution in [0, 0.1) is 23.7 Å². The molecule has 2 atom stereocenters. The molecule has 0 aromatic heterocycles. The Balaban J connectivity index is -0.0000000367. The maximum Gasteiger partial charge on any atom is -0.0394 e. The molecule has 0 amide bonds. The fraction of sp³-hybridized carbons (Fsp3) is 0.920. The topological polar surface area (TPSA) is 0 Å². The fourth-order valence-corrected chi connectivity index (χ4v) is 2.12. The Morgan fingerprint density at radius 3 is 1.00 bits per heavy atom. The minimum atomic E-state index is 0. The van der Waals surface area contributed by atoms with Crippen molar-refractivity contribution in [3.8, 4) is 0 Å². The van der Waals surface area contributed by atoms with E-state index in [9.17, 15) is 0 Å². The average molecular weight is 363 g/mol. The van der Waals surface area contributed by atoms with E-state index < -0.39 is 0 Å². The molecule has 0 heteroatoms. The van der Waals surface area contributed by atoms with Crippen LogP contribution in [0.15, 0.2) is 13.2 Å². The van der Waals surface area contributed by atoms with E-state index in [4.69, 9.17) is 0 Å². The van der Waals surface area contributed by atoms with Crippen molar-refractivity contribution in [2.24, 2.45) is 23.7 Å². The first kappa shape index (κ1) is 44.3. The van der Waals surface area contributed by atoms with Gasteiger partial charge in [0.05, 0.1) is 0 Å². The first-order valence-corrected chi connectivity index (χ1v) is 9.80. The zero-order valence-corrected chi connectivity index (χ0v) is 18.0. The molecule has 0 saturated heterocycles. The normalized spacial score (nSPS) is 10.7. The van der Waals surface area contributed by atoms with Crippen LogP contribution in [-0.2, 0) is 0 Å². The van der Waals surface area contributed by atoms with Gasteiger partial charge in [-0.15, -0.1) is 13.2 Å². The lowest BCUT2D eigenvalue weighted by Crippen LogP contribution is -2.07. The van der Waals surface area contributed by atoms with Crippen LogP contribution in [0.25, 0.3) is 0 Å². The highest BCUT2D eigenvalue weighted by Gasteiger charge is 2.09. The Hall–Kier alpha value is -0.260. The maximum atomic E-state index is 3.00. The Bertz CT molecular complexity index is 153. The standard InChI is InChI=1S/C9H20.C7H16.C4H10.C2H4.3CH4/c1-5-8(4)9(6-2)7-3;1-4-6-7(3)5-2;1-4(2)3;1-2;;;/h8-9H,5-7H2,1-4H3;7H,4-6H2,1-3H3;4H,1-3H3;1-2H2;3*1H4. The highest BCUT2D eigenvalue weighted by Crippen LogP contribution is 2.21. The smallest absolute Gasteiger partial charge is 0.0394 e. The zero-order valence-electron chi connectivity index (χ0n) is 18.0. The summed E-state index contributed by atoms with van der Waals surface area (Å²) in [7, 11) is 0. The predicted molar refractivity (Wildman–Crippen MR) is 130 cm³/mol. The molecular weight excluding hydrogens is 300 g/mol. The SMILES string of the molecule is C.C.C.C=C.CC(C)C.CCC(C)C(CC)CC.CCCC(C)CC. The van der Waals surface area contributed by atoms with E-state index in [2.05, 4.69) is 82.4 Å². The van der Waals surface area contributed by atoms with Gasteiger partial charge >= 0.3 is 0 Å². The molecule has 0 aliphatic carbocycles. The van der Waals surface area contributed by atoms with E-state index in [0.717, 1.165) is 23.7 Å². The summed E-state index contributed by atoms with van der Waals surface area (Å²) in [6, 6.07) is 0. The molecule has 0 aliphatic heterocycles. The molecule has 2 unspecified atom stereocenters. The van der Waals surface area contributed by atoms with Crippen molar-refractivity contribution in [2.75, 3.05) is 0 Å². The van der Waals surface area contributed by atoms with Crippen molar-refractivity contribution in [3.05, 3.63) is 13.2 Å². The summed E-state index contributed by atoms with van der Waals surface area (Å²) in [5.41, 5.74) is 0. The molecule has 0 saturated carbocycles. The van der Waals surface area contributed by atoms with Gasteiger partial charge in [-0.1, -0.05) is 130 Å². The molecule has 0 N–H and O–H groups in total. The molecule has 0 rings (SSSR count). The highest BCUT2D eigenvalue weighted by molar-refractivity contribution is 4.60. The van der Waals surface area contributed by atoms with Gasteiger partial charge in [0.25, 0.3) is 0 Å². The number of hydrogen-bond acceptors (Lipinski definition) is 0. The summed E-state index contributed by atoms with van der Waals surface area (Å²) in [6.07, 6.45) is 8.13. The fourth-order valence-electron chi connectivity index (χ4n) is 2.12. The van der Waals surface area contributed by atoms with Crippen LogP contribution in [0.4, 0.5) is 0 Å².